The van der Waals surface area contributed by atoms with E-state index in [1.807, 2.05) is 42.5 Å². The van der Waals surface area contributed by atoms with Gasteiger partial charge in [-0.15, -0.1) is 0 Å². The fraction of sp³-hybridized carbons (Fsp3) is 0. The Morgan fingerprint density at radius 3 is 2.15 bits per heavy atom. The van der Waals surface area contributed by atoms with Crippen LogP contribution in [-0.2, 0) is 0 Å². The first-order valence-electron chi connectivity index (χ1n) is 8.24. The normalized spacial score (nSPS) is 10.5. The Labute approximate surface area is 155 Å². The third kappa shape index (κ3) is 3.55. The van der Waals surface area contributed by atoms with Crippen molar-refractivity contribution in [3.63, 3.8) is 0 Å². The first-order chi connectivity index (χ1) is 13.2. The molecule has 1 N–H and O–H groups in total. The van der Waals surface area contributed by atoms with Crippen LogP contribution >= 0.6 is 0 Å². The molecule has 0 radical (unpaired) electrons. The highest BCUT2D eigenvalue weighted by molar-refractivity contribution is 5.89. The summed E-state index contributed by atoms with van der Waals surface area (Å²) in [5.41, 5.74) is 4.53. The van der Waals surface area contributed by atoms with Crippen molar-refractivity contribution in [2.24, 2.45) is 0 Å². The van der Waals surface area contributed by atoms with Crippen LogP contribution in [0.15, 0.2) is 79.4 Å². The smallest absolute Gasteiger partial charge is 0.335 e. The number of aromatic nitrogens is 4. The number of rotatable bonds is 4. The molecule has 0 atom stereocenters. The summed E-state index contributed by atoms with van der Waals surface area (Å²) in [7, 11) is 0. The molecule has 0 amide bonds. The average molecular weight is 354 g/mol. The average Bonchev–Trinajstić information content (AvgIpc) is 2.75. The Bertz CT molecular complexity index is 1040. The molecule has 0 aromatic carbocycles. The first kappa shape index (κ1) is 16.5. The van der Waals surface area contributed by atoms with Gasteiger partial charge in [-0.05, 0) is 59.7 Å². The summed E-state index contributed by atoms with van der Waals surface area (Å²) in [5.74, 6) is -1.01. The molecule has 4 rings (SSSR count). The predicted octanol–water partition coefficient (Wildman–Crippen LogP) is 3.97. The predicted molar refractivity (Wildman–Crippen MR) is 101 cm³/mol. The van der Waals surface area contributed by atoms with E-state index in [-0.39, 0.29) is 5.56 Å². The van der Waals surface area contributed by atoms with Crippen LogP contribution in [0.5, 0.6) is 0 Å². The second-order valence-electron chi connectivity index (χ2n) is 5.81. The van der Waals surface area contributed by atoms with Crippen molar-refractivity contribution in [3.8, 4) is 33.9 Å². The van der Waals surface area contributed by atoms with Gasteiger partial charge in [0, 0.05) is 24.8 Å². The number of nitrogens with zero attached hydrogens (tertiary/aromatic N) is 4. The maximum Gasteiger partial charge on any atom is 0.335 e. The lowest BCUT2D eigenvalue weighted by Crippen LogP contribution is -1.99. The summed E-state index contributed by atoms with van der Waals surface area (Å²) in [4.78, 5) is 28.7. The summed E-state index contributed by atoms with van der Waals surface area (Å²) in [5, 5.41) is 9.26. The molecule has 130 valence electrons. The Hall–Kier alpha value is -3.93. The van der Waals surface area contributed by atoms with Gasteiger partial charge >= 0.3 is 5.97 Å². The maximum atomic E-state index is 11.3. The highest BCUT2D eigenvalue weighted by Gasteiger charge is 2.12. The zero-order valence-corrected chi connectivity index (χ0v) is 14.1. The van der Waals surface area contributed by atoms with Crippen molar-refractivity contribution >= 4 is 5.97 Å². The van der Waals surface area contributed by atoms with Crippen LogP contribution < -0.4 is 0 Å². The number of carboxylic acid groups (broad SMARTS) is 1. The Morgan fingerprint density at radius 2 is 1.44 bits per heavy atom. The van der Waals surface area contributed by atoms with E-state index >= 15 is 0 Å². The summed E-state index contributed by atoms with van der Waals surface area (Å²) in [6.07, 6.45) is 6.62. The van der Waals surface area contributed by atoms with Gasteiger partial charge in [-0.3, -0.25) is 15.0 Å². The van der Waals surface area contributed by atoms with E-state index in [2.05, 4.69) is 19.9 Å². The van der Waals surface area contributed by atoms with Crippen LogP contribution in [0.3, 0.4) is 0 Å². The van der Waals surface area contributed by atoms with Crippen LogP contribution in [0.25, 0.3) is 33.9 Å². The molecule has 0 bridgehead atoms. The van der Waals surface area contributed by atoms with Gasteiger partial charge in [0.25, 0.3) is 0 Å². The van der Waals surface area contributed by atoms with Gasteiger partial charge in [0.1, 0.15) is 0 Å². The summed E-state index contributed by atoms with van der Waals surface area (Å²) in [6, 6.07) is 16.2. The zero-order valence-electron chi connectivity index (χ0n) is 14.1. The van der Waals surface area contributed by atoms with E-state index in [1.54, 1.807) is 18.6 Å². The summed E-state index contributed by atoms with van der Waals surface area (Å²) >= 11 is 0. The van der Waals surface area contributed by atoms with E-state index in [4.69, 9.17) is 0 Å². The Morgan fingerprint density at radius 1 is 0.704 bits per heavy atom. The zero-order chi connectivity index (χ0) is 18.6. The number of carboxylic acids is 1. The monoisotopic (exact) mass is 354 g/mol. The summed E-state index contributed by atoms with van der Waals surface area (Å²) < 4.78 is 0. The minimum atomic E-state index is -1.01. The van der Waals surface area contributed by atoms with Crippen LogP contribution in [0, 0.1) is 0 Å². The van der Waals surface area contributed by atoms with Gasteiger partial charge in [-0.2, -0.15) is 0 Å². The molecule has 0 saturated heterocycles. The standard InChI is InChI=1S/C21H14N4O2/c26-21(27)15-6-10-24-18(11-15)20-13-16(14-4-8-22-9-5-14)12-19(25-20)17-3-1-2-7-23-17/h1-13H,(H,26,27). The molecular weight excluding hydrogens is 340 g/mol. The molecule has 0 aliphatic heterocycles. The van der Waals surface area contributed by atoms with E-state index < -0.39 is 5.97 Å². The molecule has 0 saturated carbocycles. The van der Waals surface area contributed by atoms with Gasteiger partial charge in [0.15, 0.2) is 0 Å². The quantitative estimate of drug-likeness (QED) is 0.596. The summed E-state index contributed by atoms with van der Waals surface area (Å²) in [6.45, 7) is 0. The van der Waals surface area contributed by atoms with E-state index in [0.29, 0.717) is 17.1 Å². The molecule has 0 spiro atoms. The van der Waals surface area contributed by atoms with Crippen molar-refractivity contribution in [2.75, 3.05) is 0 Å². The third-order valence-electron chi connectivity index (χ3n) is 4.04. The van der Waals surface area contributed by atoms with Crippen LogP contribution in [0.2, 0.25) is 0 Å². The van der Waals surface area contributed by atoms with Gasteiger partial charge in [-0.25, -0.2) is 9.78 Å². The van der Waals surface area contributed by atoms with E-state index in [9.17, 15) is 9.90 Å². The van der Waals surface area contributed by atoms with Gasteiger partial charge in [0.05, 0.1) is 28.3 Å². The highest BCUT2D eigenvalue weighted by Crippen LogP contribution is 2.28. The third-order valence-corrected chi connectivity index (χ3v) is 4.04. The largest absolute Gasteiger partial charge is 0.478 e. The lowest BCUT2D eigenvalue weighted by Gasteiger charge is -2.09. The molecule has 0 unspecified atom stereocenters. The van der Waals surface area contributed by atoms with Gasteiger partial charge < -0.3 is 5.11 Å². The topological polar surface area (TPSA) is 88.9 Å². The van der Waals surface area contributed by atoms with Crippen molar-refractivity contribution in [1.29, 1.82) is 0 Å². The highest BCUT2D eigenvalue weighted by atomic mass is 16.4. The van der Waals surface area contributed by atoms with Crippen LogP contribution in [0.4, 0.5) is 0 Å². The molecule has 0 aliphatic carbocycles. The molecular formula is C21H14N4O2. The second-order valence-corrected chi connectivity index (χ2v) is 5.81. The SMILES string of the molecule is O=C(O)c1ccnc(-c2cc(-c3ccncc3)cc(-c3ccccn3)n2)c1. The van der Waals surface area contributed by atoms with E-state index in [0.717, 1.165) is 16.8 Å². The molecule has 6 nitrogen and oxygen atoms in total. The fourth-order valence-corrected chi connectivity index (χ4v) is 2.72. The first-order valence-corrected chi connectivity index (χ1v) is 8.24. The van der Waals surface area contributed by atoms with Crippen molar-refractivity contribution in [1.82, 2.24) is 19.9 Å². The van der Waals surface area contributed by atoms with Crippen molar-refractivity contribution in [2.45, 2.75) is 0 Å². The van der Waals surface area contributed by atoms with Gasteiger partial charge in [-0.1, -0.05) is 6.07 Å². The number of pyridine rings is 4. The molecule has 0 fully saturated rings. The van der Waals surface area contributed by atoms with Gasteiger partial charge in [0.2, 0.25) is 0 Å². The lowest BCUT2D eigenvalue weighted by atomic mass is 10.0. The Balaban J connectivity index is 1.91. The molecule has 4 aromatic heterocycles. The number of carbonyl (C=O) groups is 1. The van der Waals surface area contributed by atoms with Crippen LogP contribution in [-0.4, -0.2) is 31.0 Å². The number of hydrogen-bond acceptors (Lipinski definition) is 5. The lowest BCUT2D eigenvalue weighted by molar-refractivity contribution is 0.0697. The van der Waals surface area contributed by atoms with Crippen molar-refractivity contribution < 1.29 is 9.90 Å². The second kappa shape index (κ2) is 7.13. The fourth-order valence-electron chi connectivity index (χ4n) is 2.72. The van der Waals surface area contributed by atoms with Crippen molar-refractivity contribution in [3.05, 3.63) is 84.9 Å². The number of hydrogen-bond donors (Lipinski definition) is 1. The molecule has 4 heterocycles. The molecule has 4 aromatic rings. The van der Waals surface area contributed by atoms with E-state index in [1.165, 1.54) is 18.3 Å². The molecule has 27 heavy (non-hydrogen) atoms. The minimum Gasteiger partial charge on any atom is -0.478 e. The van der Waals surface area contributed by atoms with Crippen LogP contribution in [0.1, 0.15) is 10.4 Å². The Kier molecular flexibility index (Phi) is 4.37. The maximum absolute atomic E-state index is 11.3. The molecule has 6 heteroatoms. The number of aromatic carboxylic acids is 1. The minimum absolute atomic E-state index is 0.163. The molecule has 0 aliphatic rings.